The summed E-state index contributed by atoms with van der Waals surface area (Å²) in [6.45, 7) is 11.9. The average Bonchev–Trinajstić information content (AvgIpc) is 2.24. The van der Waals surface area contributed by atoms with Gasteiger partial charge in [-0.1, -0.05) is 13.8 Å². The van der Waals surface area contributed by atoms with Crippen molar-refractivity contribution >= 4 is 11.6 Å². The topological polar surface area (TPSA) is 75.9 Å². The molecular weight excluding hydrogens is 238 g/mol. The van der Waals surface area contributed by atoms with E-state index in [1.807, 2.05) is 26.8 Å². The Hall–Kier alpha value is -1.36. The van der Waals surface area contributed by atoms with Crippen LogP contribution in [0.25, 0.3) is 0 Å². The van der Waals surface area contributed by atoms with Crippen LogP contribution in [0.2, 0.25) is 0 Å². The zero-order chi connectivity index (χ0) is 14.5. The Balaban J connectivity index is 2.61. The number of aryl methyl sites for hydroxylation is 1. The molecule has 4 N–H and O–H groups in total. The molecule has 0 atom stereocenters. The molecule has 0 saturated heterocycles. The number of hydrogen-bond donors (Lipinski definition) is 3. The quantitative estimate of drug-likeness (QED) is 0.706. The number of hydrogen-bond acceptors (Lipinski definition) is 5. The number of nitrogens with two attached hydrogens (primary N) is 1. The molecule has 0 saturated carbocycles. The van der Waals surface area contributed by atoms with Gasteiger partial charge < -0.3 is 16.4 Å². The molecule has 5 nitrogen and oxygen atoms in total. The van der Waals surface area contributed by atoms with Crippen molar-refractivity contribution in [1.29, 1.82) is 0 Å². The third-order valence-electron chi connectivity index (χ3n) is 2.59. The molecular formula is C14H27N5. The molecule has 1 heterocycles. The summed E-state index contributed by atoms with van der Waals surface area (Å²) >= 11 is 0. The van der Waals surface area contributed by atoms with Gasteiger partial charge in [-0.05, 0) is 33.1 Å². The highest BCUT2D eigenvalue weighted by atomic mass is 15.1. The summed E-state index contributed by atoms with van der Waals surface area (Å²) in [5.41, 5.74) is 5.69. The van der Waals surface area contributed by atoms with Crippen LogP contribution in [0.5, 0.6) is 0 Å². The van der Waals surface area contributed by atoms with Crippen molar-refractivity contribution < 1.29 is 0 Å². The van der Waals surface area contributed by atoms with Crippen LogP contribution in [0.3, 0.4) is 0 Å². The van der Waals surface area contributed by atoms with Crippen LogP contribution in [0.1, 0.15) is 39.9 Å². The Morgan fingerprint density at radius 1 is 1.21 bits per heavy atom. The molecule has 5 heteroatoms. The average molecular weight is 265 g/mol. The van der Waals surface area contributed by atoms with Crippen molar-refractivity contribution in [3.63, 3.8) is 0 Å². The van der Waals surface area contributed by atoms with Crippen LogP contribution in [0.4, 0.5) is 11.6 Å². The summed E-state index contributed by atoms with van der Waals surface area (Å²) in [6, 6.07) is 1.93. The summed E-state index contributed by atoms with van der Waals surface area (Å²) in [7, 11) is 0. The summed E-state index contributed by atoms with van der Waals surface area (Å²) < 4.78 is 0. The summed E-state index contributed by atoms with van der Waals surface area (Å²) in [5, 5.41) is 6.58. The monoisotopic (exact) mass is 265 g/mol. The van der Waals surface area contributed by atoms with E-state index in [0.717, 1.165) is 30.4 Å². The van der Waals surface area contributed by atoms with Gasteiger partial charge in [-0.15, -0.1) is 0 Å². The standard InChI is InChI=1S/C14H27N5/c1-10(2)6-7-16-12-8-13(19-11(3)18-12)17-9-14(4,5)15/h8,10H,6-7,9,15H2,1-5H3,(H2,16,17,18,19). The predicted octanol–water partition coefficient (Wildman–Crippen LogP) is 2.39. The molecule has 0 spiro atoms. The van der Waals surface area contributed by atoms with Gasteiger partial charge in [0.05, 0.1) is 0 Å². The SMILES string of the molecule is Cc1nc(NCCC(C)C)cc(NCC(C)(C)N)n1. The van der Waals surface area contributed by atoms with Crippen LogP contribution in [-0.4, -0.2) is 28.6 Å². The Morgan fingerprint density at radius 2 is 1.79 bits per heavy atom. The van der Waals surface area contributed by atoms with E-state index >= 15 is 0 Å². The predicted molar refractivity (Wildman–Crippen MR) is 81.5 cm³/mol. The molecule has 0 aromatic carbocycles. The van der Waals surface area contributed by atoms with E-state index in [9.17, 15) is 0 Å². The van der Waals surface area contributed by atoms with E-state index in [-0.39, 0.29) is 5.54 Å². The van der Waals surface area contributed by atoms with Crippen LogP contribution < -0.4 is 16.4 Å². The molecule has 0 aliphatic carbocycles. The van der Waals surface area contributed by atoms with Gasteiger partial charge in [-0.3, -0.25) is 0 Å². The van der Waals surface area contributed by atoms with E-state index in [0.29, 0.717) is 12.5 Å². The van der Waals surface area contributed by atoms with E-state index in [1.54, 1.807) is 0 Å². The molecule has 1 aromatic heterocycles. The van der Waals surface area contributed by atoms with Crippen LogP contribution in [-0.2, 0) is 0 Å². The second kappa shape index (κ2) is 6.70. The smallest absolute Gasteiger partial charge is 0.131 e. The first kappa shape index (κ1) is 15.7. The molecule has 19 heavy (non-hydrogen) atoms. The zero-order valence-corrected chi connectivity index (χ0v) is 12.7. The number of anilines is 2. The van der Waals surface area contributed by atoms with Gasteiger partial charge in [0.1, 0.15) is 17.5 Å². The minimum Gasteiger partial charge on any atom is -0.370 e. The Kier molecular flexibility index (Phi) is 5.54. The first-order valence-electron chi connectivity index (χ1n) is 6.88. The van der Waals surface area contributed by atoms with Crippen LogP contribution in [0.15, 0.2) is 6.07 Å². The lowest BCUT2D eigenvalue weighted by molar-refractivity contribution is 0.548. The van der Waals surface area contributed by atoms with E-state index < -0.39 is 0 Å². The molecule has 0 aliphatic heterocycles. The van der Waals surface area contributed by atoms with Crippen molar-refractivity contribution in [2.24, 2.45) is 11.7 Å². The van der Waals surface area contributed by atoms with Crippen molar-refractivity contribution in [3.05, 3.63) is 11.9 Å². The number of nitrogens with one attached hydrogen (secondary N) is 2. The third-order valence-corrected chi connectivity index (χ3v) is 2.59. The Labute approximate surface area is 116 Å². The summed E-state index contributed by atoms with van der Waals surface area (Å²) in [5.74, 6) is 3.13. The zero-order valence-electron chi connectivity index (χ0n) is 12.7. The van der Waals surface area contributed by atoms with Crippen molar-refractivity contribution in [2.75, 3.05) is 23.7 Å². The van der Waals surface area contributed by atoms with Gasteiger partial charge >= 0.3 is 0 Å². The second-order valence-corrected chi connectivity index (χ2v) is 6.14. The molecule has 1 aromatic rings. The maximum atomic E-state index is 5.95. The van der Waals surface area contributed by atoms with Crippen molar-refractivity contribution in [2.45, 2.75) is 46.6 Å². The number of aromatic nitrogens is 2. The lowest BCUT2D eigenvalue weighted by atomic mass is 10.1. The Morgan fingerprint density at radius 3 is 2.32 bits per heavy atom. The fourth-order valence-corrected chi connectivity index (χ4v) is 1.56. The van der Waals surface area contributed by atoms with Gasteiger partial charge in [0.2, 0.25) is 0 Å². The molecule has 1 rings (SSSR count). The highest BCUT2D eigenvalue weighted by Gasteiger charge is 2.11. The van der Waals surface area contributed by atoms with Crippen LogP contribution in [0, 0.1) is 12.8 Å². The molecule has 0 bridgehead atoms. The highest BCUT2D eigenvalue weighted by molar-refractivity contribution is 5.47. The van der Waals surface area contributed by atoms with Gasteiger partial charge in [0.15, 0.2) is 0 Å². The van der Waals surface area contributed by atoms with E-state index in [4.69, 9.17) is 5.73 Å². The number of rotatable bonds is 7. The maximum absolute atomic E-state index is 5.95. The van der Waals surface area contributed by atoms with Crippen molar-refractivity contribution in [3.8, 4) is 0 Å². The normalized spacial score (nSPS) is 11.7. The first-order valence-corrected chi connectivity index (χ1v) is 6.88. The van der Waals surface area contributed by atoms with Gasteiger partial charge in [0.25, 0.3) is 0 Å². The molecule has 0 aliphatic rings. The van der Waals surface area contributed by atoms with E-state index in [1.165, 1.54) is 0 Å². The van der Waals surface area contributed by atoms with Gasteiger partial charge in [-0.2, -0.15) is 0 Å². The molecule has 0 radical (unpaired) electrons. The second-order valence-electron chi connectivity index (χ2n) is 6.14. The third kappa shape index (κ3) is 6.96. The lowest BCUT2D eigenvalue weighted by Crippen LogP contribution is -2.39. The Bertz CT molecular complexity index is 395. The van der Waals surface area contributed by atoms with Crippen molar-refractivity contribution in [1.82, 2.24) is 9.97 Å². The summed E-state index contributed by atoms with van der Waals surface area (Å²) in [6.07, 6.45) is 1.13. The maximum Gasteiger partial charge on any atom is 0.131 e. The molecule has 108 valence electrons. The fraction of sp³-hybridized carbons (Fsp3) is 0.714. The minimum absolute atomic E-state index is 0.260. The molecule has 0 amide bonds. The highest BCUT2D eigenvalue weighted by Crippen LogP contribution is 2.12. The summed E-state index contributed by atoms with van der Waals surface area (Å²) in [4.78, 5) is 8.74. The molecule has 0 fully saturated rings. The minimum atomic E-state index is -0.260. The largest absolute Gasteiger partial charge is 0.370 e. The van der Waals surface area contributed by atoms with E-state index in [2.05, 4.69) is 34.4 Å². The molecule has 0 unspecified atom stereocenters. The number of nitrogens with zero attached hydrogens (tertiary/aromatic N) is 2. The fourth-order valence-electron chi connectivity index (χ4n) is 1.56. The van der Waals surface area contributed by atoms with Crippen LogP contribution >= 0.6 is 0 Å². The van der Waals surface area contributed by atoms with Gasteiger partial charge in [-0.25, -0.2) is 9.97 Å². The first-order chi connectivity index (χ1) is 8.76. The van der Waals surface area contributed by atoms with Gasteiger partial charge in [0, 0.05) is 24.7 Å². The lowest BCUT2D eigenvalue weighted by Gasteiger charge is -2.19.